The normalized spacial score (nSPS) is 12.5. The first-order chi connectivity index (χ1) is 8.47. The molecule has 94 valence electrons. The van der Waals surface area contributed by atoms with Gasteiger partial charge in [-0.3, -0.25) is 0 Å². The van der Waals surface area contributed by atoms with E-state index in [9.17, 15) is 0 Å². The van der Waals surface area contributed by atoms with Crippen LogP contribution >= 0.6 is 66.7 Å². The van der Waals surface area contributed by atoms with Crippen molar-refractivity contribution in [1.29, 1.82) is 0 Å². The highest BCUT2D eigenvalue weighted by atomic mass is 79.9. The average molecular weight is 429 g/mol. The molecule has 0 amide bonds. The molecule has 0 bridgehead atoms. The summed E-state index contributed by atoms with van der Waals surface area (Å²) in [4.78, 5) is -0.0568. The van der Waals surface area contributed by atoms with Gasteiger partial charge in [0.25, 0.3) is 0 Å². The zero-order valence-electron chi connectivity index (χ0n) is 8.93. The molecule has 0 N–H and O–H groups in total. The third kappa shape index (κ3) is 3.43. The molecule has 0 heterocycles. The van der Waals surface area contributed by atoms with Gasteiger partial charge in [-0.05, 0) is 47.5 Å². The standard InChI is InChI=1S/C13H7Br2Cl3/c14-8-3-7(4-10(17)5-8)13(15)11-6-9(16)1-2-12(11)18/h1-6,13H. The average Bonchev–Trinajstić information content (AvgIpc) is 2.30. The minimum atomic E-state index is -0.0568. The second-order valence-corrected chi connectivity index (χ2v) is 6.84. The van der Waals surface area contributed by atoms with E-state index in [0.29, 0.717) is 15.1 Å². The lowest BCUT2D eigenvalue weighted by Gasteiger charge is -2.14. The van der Waals surface area contributed by atoms with Crippen LogP contribution in [0.5, 0.6) is 0 Å². The highest BCUT2D eigenvalue weighted by molar-refractivity contribution is 9.10. The van der Waals surface area contributed by atoms with Crippen molar-refractivity contribution in [3.63, 3.8) is 0 Å². The molecule has 0 aromatic heterocycles. The summed E-state index contributed by atoms with van der Waals surface area (Å²) in [6.07, 6.45) is 0. The summed E-state index contributed by atoms with van der Waals surface area (Å²) < 4.78 is 0.924. The number of halogens is 5. The third-order valence-corrected chi connectivity index (χ3v) is 4.69. The molecule has 2 aromatic carbocycles. The fourth-order valence-electron chi connectivity index (χ4n) is 1.61. The third-order valence-electron chi connectivity index (χ3n) is 2.41. The Morgan fingerprint density at radius 1 is 0.889 bits per heavy atom. The monoisotopic (exact) mass is 426 g/mol. The Morgan fingerprint density at radius 2 is 1.61 bits per heavy atom. The van der Waals surface area contributed by atoms with Crippen LogP contribution in [0.3, 0.4) is 0 Å². The molecule has 2 aromatic rings. The van der Waals surface area contributed by atoms with Gasteiger partial charge in [0, 0.05) is 19.5 Å². The van der Waals surface area contributed by atoms with Crippen molar-refractivity contribution in [1.82, 2.24) is 0 Å². The fourth-order valence-corrected chi connectivity index (χ4v) is 3.68. The van der Waals surface area contributed by atoms with Crippen LogP contribution < -0.4 is 0 Å². The first kappa shape index (κ1) is 14.7. The summed E-state index contributed by atoms with van der Waals surface area (Å²) in [6.45, 7) is 0. The SMILES string of the molecule is Clc1cc(Br)cc(C(Br)c2cc(Cl)ccc2Cl)c1. The number of alkyl halides is 1. The second kappa shape index (κ2) is 6.15. The zero-order valence-corrected chi connectivity index (χ0v) is 14.4. The summed E-state index contributed by atoms with van der Waals surface area (Å²) in [6, 6.07) is 11.1. The molecule has 0 nitrogen and oxygen atoms in total. The van der Waals surface area contributed by atoms with Crippen LogP contribution in [0.25, 0.3) is 0 Å². The van der Waals surface area contributed by atoms with Crippen LogP contribution in [-0.2, 0) is 0 Å². The fraction of sp³-hybridized carbons (Fsp3) is 0.0769. The maximum absolute atomic E-state index is 6.19. The zero-order chi connectivity index (χ0) is 13.3. The first-order valence-electron chi connectivity index (χ1n) is 5.02. The van der Waals surface area contributed by atoms with Gasteiger partial charge in [0.15, 0.2) is 0 Å². The minimum absolute atomic E-state index is 0.0568. The lowest BCUT2D eigenvalue weighted by molar-refractivity contribution is 1.17. The van der Waals surface area contributed by atoms with Crippen LogP contribution in [0.1, 0.15) is 16.0 Å². The van der Waals surface area contributed by atoms with E-state index in [1.807, 2.05) is 24.3 Å². The van der Waals surface area contributed by atoms with Gasteiger partial charge < -0.3 is 0 Å². The molecule has 2 rings (SSSR count). The Morgan fingerprint density at radius 3 is 2.28 bits per heavy atom. The minimum Gasteiger partial charge on any atom is -0.0843 e. The highest BCUT2D eigenvalue weighted by Gasteiger charge is 2.15. The summed E-state index contributed by atoms with van der Waals surface area (Å²) in [5.41, 5.74) is 1.93. The van der Waals surface area contributed by atoms with E-state index < -0.39 is 0 Å². The number of rotatable bonds is 2. The lowest BCUT2D eigenvalue weighted by atomic mass is 10.0. The second-order valence-electron chi connectivity index (χ2n) is 3.73. The van der Waals surface area contributed by atoms with E-state index in [1.165, 1.54) is 0 Å². The van der Waals surface area contributed by atoms with Gasteiger partial charge in [0.1, 0.15) is 0 Å². The molecule has 0 aliphatic carbocycles. The Hall–Kier alpha value is 0.270. The molecule has 0 aliphatic rings. The smallest absolute Gasteiger partial charge is 0.0660 e. The quantitative estimate of drug-likeness (QED) is 0.456. The molecule has 1 unspecified atom stereocenters. The Balaban J connectivity index is 2.47. The number of benzene rings is 2. The largest absolute Gasteiger partial charge is 0.0843 e. The van der Waals surface area contributed by atoms with E-state index in [2.05, 4.69) is 31.9 Å². The van der Waals surface area contributed by atoms with Gasteiger partial charge in [-0.2, -0.15) is 0 Å². The van der Waals surface area contributed by atoms with Gasteiger partial charge in [-0.15, -0.1) is 0 Å². The topological polar surface area (TPSA) is 0 Å². The maximum Gasteiger partial charge on any atom is 0.0660 e. The van der Waals surface area contributed by atoms with E-state index >= 15 is 0 Å². The lowest BCUT2D eigenvalue weighted by Crippen LogP contribution is -1.94. The van der Waals surface area contributed by atoms with E-state index in [4.69, 9.17) is 34.8 Å². The number of hydrogen-bond donors (Lipinski definition) is 0. The Kier molecular flexibility index (Phi) is 5.01. The summed E-state index contributed by atoms with van der Waals surface area (Å²) in [5, 5.41) is 1.99. The molecule has 5 heteroatoms. The summed E-state index contributed by atoms with van der Waals surface area (Å²) in [5.74, 6) is 0. The summed E-state index contributed by atoms with van der Waals surface area (Å²) >= 11 is 25.3. The van der Waals surface area contributed by atoms with Crippen molar-refractivity contribution in [2.24, 2.45) is 0 Å². The predicted molar refractivity (Wildman–Crippen MR) is 86.4 cm³/mol. The first-order valence-corrected chi connectivity index (χ1v) is 7.86. The van der Waals surface area contributed by atoms with Crippen LogP contribution in [0.15, 0.2) is 40.9 Å². The maximum atomic E-state index is 6.19. The van der Waals surface area contributed by atoms with Crippen molar-refractivity contribution >= 4 is 66.7 Å². The Labute approximate surface area is 137 Å². The highest BCUT2D eigenvalue weighted by Crippen LogP contribution is 2.38. The van der Waals surface area contributed by atoms with Crippen LogP contribution in [0, 0.1) is 0 Å². The van der Waals surface area contributed by atoms with Gasteiger partial charge in [-0.1, -0.05) is 66.7 Å². The van der Waals surface area contributed by atoms with Crippen LogP contribution in [0.2, 0.25) is 15.1 Å². The number of hydrogen-bond acceptors (Lipinski definition) is 0. The molecule has 0 saturated carbocycles. The van der Waals surface area contributed by atoms with Crippen molar-refractivity contribution < 1.29 is 0 Å². The molecule has 0 saturated heterocycles. The van der Waals surface area contributed by atoms with Crippen LogP contribution in [-0.4, -0.2) is 0 Å². The van der Waals surface area contributed by atoms with E-state index in [1.54, 1.807) is 12.1 Å². The molecular formula is C13H7Br2Cl3. The Bertz CT molecular complexity index is 564. The van der Waals surface area contributed by atoms with Gasteiger partial charge in [0.2, 0.25) is 0 Å². The van der Waals surface area contributed by atoms with Crippen molar-refractivity contribution in [3.05, 3.63) is 67.1 Å². The van der Waals surface area contributed by atoms with Gasteiger partial charge in [0.05, 0.1) is 4.83 Å². The summed E-state index contributed by atoms with van der Waals surface area (Å²) in [7, 11) is 0. The molecular weight excluding hydrogens is 422 g/mol. The molecule has 0 spiro atoms. The van der Waals surface area contributed by atoms with Gasteiger partial charge in [-0.25, -0.2) is 0 Å². The molecule has 1 atom stereocenters. The molecule has 0 aliphatic heterocycles. The van der Waals surface area contributed by atoms with Crippen molar-refractivity contribution in [3.8, 4) is 0 Å². The predicted octanol–water partition coefficient (Wildman–Crippen LogP) is 6.89. The van der Waals surface area contributed by atoms with Crippen LogP contribution in [0.4, 0.5) is 0 Å². The van der Waals surface area contributed by atoms with Gasteiger partial charge >= 0.3 is 0 Å². The van der Waals surface area contributed by atoms with Crippen molar-refractivity contribution in [2.45, 2.75) is 4.83 Å². The molecule has 0 fully saturated rings. The molecule has 0 radical (unpaired) electrons. The van der Waals surface area contributed by atoms with E-state index in [0.717, 1.165) is 15.6 Å². The van der Waals surface area contributed by atoms with E-state index in [-0.39, 0.29) is 4.83 Å². The van der Waals surface area contributed by atoms with Crippen molar-refractivity contribution in [2.75, 3.05) is 0 Å². The molecule has 18 heavy (non-hydrogen) atoms.